The van der Waals surface area contributed by atoms with Crippen molar-refractivity contribution < 1.29 is 24.4 Å². The van der Waals surface area contributed by atoms with Crippen LogP contribution in [0.25, 0.3) is 10.4 Å². The third kappa shape index (κ3) is 4.51. The highest BCUT2D eigenvalue weighted by molar-refractivity contribution is 7.18. The van der Waals surface area contributed by atoms with Crippen molar-refractivity contribution in [2.75, 3.05) is 5.32 Å². The van der Waals surface area contributed by atoms with Crippen LogP contribution in [-0.2, 0) is 11.3 Å². The fourth-order valence-electron chi connectivity index (χ4n) is 2.43. The van der Waals surface area contributed by atoms with E-state index in [1.54, 1.807) is 18.2 Å². The lowest BCUT2D eigenvalue weighted by molar-refractivity contribution is -0.384. The van der Waals surface area contributed by atoms with Crippen LogP contribution in [0, 0.1) is 10.1 Å². The average Bonchev–Trinajstić information content (AvgIpc) is 3.11. The Morgan fingerprint density at radius 3 is 2.54 bits per heavy atom. The summed E-state index contributed by atoms with van der Waals surface area (Å²) in [5.41, 5.74) is 1.22. The number of nitro benzene ring substituents is 1. The summed E-state index contributed by atoms with van der Waals surface area (Å²) >= 11 is 0.905. The van der Waals surface area contributed by atoms with E-state index in [1.165, 1.54) is 24.3 Å². The van der Waals surface area contributed by atoms with Crippen molar-refractivity contribution in [1.82, 2.24) is 0 Å². The maximum absolute atomic E-state index is 12.0. The molecule has 0 fully saturated rings. The second-order valence-corrected chi connectivity index (χ2v) is 6.70. The van der Waals surface area contributed by atoms with E-state index in [4.69, 9.17) is 4.74 Å². The third-order valence-electron chi connectivity index (χ3n) is 3.72. The Labute approximate surface area is 163 Å². The number of carbonyl (C=O) groups is 2. The number of carboxylic acids is 1. The van der Waals surface area contributed by atoms with Crippen LogP contribution in [0.15, 0.2) is 60.7 Å². The molecule has 2 N–H and O–H groups in total. The number of nitrogens with one attached hydrogen (secondary N) is 1. The predicted molar refractivity (Wildman–Crippen MR) is 104 cm³/mol. The second kappa shape index (κ2) is 8.31. The molecule has 8 nitrogen and oxygen atoms in total. The summed E-state index contributed by atoms with van der Waals surface area (Å²) in [4.78, 5) is 34.3. The molecule has 0 aliphatic rings. The molecule has 0 aliphatic heterocycles. The van der Waals surface area contributed by atoms with Gasteiger partial charge in [0, 0.05) is 17.0 Å². The van der Waals surface area contributed by atoms with Crippen LogP contribution >= 0.6 is 11.3 Å². The Hall–Kier alpha value is -3.72. The number of hydrogen-bond acceptors (Lipinski definition) is 6. The summed E-state index contributed by atoms with van der Waals surface area (Å²) in [5.74, 6) is -1.22. The normalized spacial score (nSPS) is 10.3. The van der Waals surface area contributed by atoms with Gasteiger partial charge in [0.25, 0.3) is 5.69 Å². The van der Waals surface area contributed by atoms with Crippen molar-refractivity contribution in [1.29, 1.82) is 0 Å². The minimum Gasteiger partial charge on any atom is -0.477 e. The first-order valence-corrected chi connectivity index (χ1v) is 8.85. The van der Waals surface area contributed by atoms with Gasteiger partial charge in [0.15, 0.2) is 0 Å². The van der Waals surface area contributed by atoms with Gasteiger partial charge in [-0.15, -0.1) is 11.3 Å². The number of nitrogens with zero attached hydrogens (tertiary/aromatic N) is 1. The van der Waals surface area contributed by atoms with Crippen LogP contribution in [-0.4, -0.2) is 22.1 Å². The van der Waals surface area contributed by atoms with Crippen molar-refractivity contribution in [3.05, 3.63) is 81.2 Å². The van der Waals surface area contributed by atoms with Crippen molar-refractivity contribution >= 4 is 34.8 Å². The van der Waals surface area contributed by atoms with Gasteiger partial charge in [0.1, 0.15) is 11.5 Å². The first-order valence-electron chi connectivity index (χ1n) is 8.03. The van der Waals surface area contributed by atoms with Crippen LogP contribution in [0.2, 0.25) is 0 Å². The van der Waals surface area contributed by atoms with Crippen LogP contribution in [0.5, 0.6) is 0 Å². The number of thiophene rings is 1. The van der Waals surface area contributed by atoms with E-state index in [0.29, 0.717) is 10.4 Å². The van der Waals surface area contributed by atoms with Gasteiger partial charge in [-0.2, -0.15) is 0 Å². The lowest BCUT2D eigenvalue weighted by atomic mass is 10.1. The molecule has 0 aliphatic carbocycles. The fraction of sp³-hybridized carbons (Fsp3) is 0.0526. The fourth-order valence-corrected chi connectivity index (χ4v) is 3.38. The van der Waals surface area contributed by atoms with Gasteiger partial charge in [-0.25, -0.2) is 9.59 Å². The van der Waals surface area contributed by atoms with Crippen LogP contribution in [0.4, 0.5) is 16.2 Å². The summed E-state index contributed by atoms with van der Waals surface area (Å²) in [6, 6.07) is 16.3. The molecule has 1 heterocycles. The van der Waals surface area contributed by atoms with Gasteiger partial charge in [-0.05, 0) is 17.2 Å². The van der Waals surface area contributed by atoms with Crippen LogP contribution in [0.3, 0.4) is 0 Å². The van der Waals surface area contributed by atoms with Crippen molar-refractivity contribution in [3.8, 4) is 10.4 Å². The maximum Gasteiger partial charge on any atom is 0.412 e. The maximum atomic E-state index is 12.0. The number of nitro groups is 1. The molecule has 0 saturated heterocycles. The van der Waals surface area contributed by atoms with Crippen molar-refractivity contribution in [2.45, 2.75) is 6.61 Å². The zero-order valence-electron chi connectivity index (χ0n) is 14.3. The van der Waals surface area contributed by atoms with Crippen LogP contribution in [0.1, 0.15) is 15.2 Å². The SMILES string of the molecule is O=C(Nc1cc(-c2cccc([N+](=O)[O-])c2)sc1C(=O)O)OCc1ccccc1. The molecule has 1 aromatic heterocycles. The monoisotopic (exact) mass is 398 g/mol. The minimum absolute atomic E-state index is 0.0386. The van der Waals surface area contributed by atoms with Crippen molar-refractivity contribution in [2.24, 2.45) is 0 Å². The van der Waals surface area contributed by atoms with Gasteiger partial charge in [-0.1, -0.05) is 42.5 Å². The summed E-state index contributed by atoms with van der Waals surface area (Å²) in [7, 11) is 0. The van der Waals surface area contributed by atoms with E-state index in [9.17, 15) is 24.8 Å². The number of aromatic carboxylic acids is 1. The largest absolute Gasteiger partial charge is 0.477 e. The highest BCUT2D eigenvalue weighted by Crippen LogP contribution is 2.36. The summed E-state index contributed by atoms with van der Waals surface area (Å²) in [5, 5.41) is 22.8. The molecular formula is C19H14N2O6S. The number of carbonyl (C=O) groups excluding carboxylic acids is 1. The highest BCUT2D eigenvalue weighted by atomic mass is 32.1. The van der Waals surface area contributed by atoms with Gasteiger partial charge in [0.2, 0.25) is 0 Å². The molecule has 9 heteroatoms. The molecule has 0 unspecified atom stereocenters. The molecular weight excluding hydrogens is 384 g/mol. The number of ether oxygens (including phenoxy) is 1. The van der Waals surface area contributed by atoms with Gasteiger partial charge in [0.05, 0.1) is 10.6 Å². The first kappa shape index (κ1) is 19.1. The summed E-state index contributed by atoms with van der Waals surface area (Å²) < 4.78 is 5.10. The quantitative estimate of drug-likeness (QED) is 0.456. The molecule has 0 spiro atoms. The molecule has 0 atom stereocenters. The molecule has 3 aromatic rings. The summed E-state index contributed by atoms with van der Waals surface area (Å²) in [6.07, 6.45) is -0.797. The Morgan fingerprint density at radius 2 is 1.86 bits per heavy atom. The number of benzene rings is 2. The molecule has 2 aromatic carbocycles. The molecule has 1 amide bonds. The number of non-ortho nitro benzene ring substituents is 1. The lowest BCUT2D eigenvalue weighted by Crippen LogP contribution is -2.14. The van der Waals surface area contributed by atoms with E-state index in [-0.39, 0.29) is 22.9 Å². The van der Waals surface area contributed by atoms with E-state index in [0.717, 1.165) is 16.9 Å². The van der Waals surface area contributed by atoms with Gasteiger partial charge >= 0.3 is 12.1 Å². The topological polar surface area (TPSA) is 119 Å². The smallest absolute Gasteiger partial charge is 0.412 e. The Bertz CT molecular complexity index is 1030. The number of carboxylic acid groups (broad SMARTS) is 1. The Kier molecular flexibility index (Phi) is 5.66. The zero-order chi connectivity index (χ0) is 20.1. The summed E-state index contributed by atoms with van der Waals surface area (Å²) in [6.45, 7) is 0.0386. The standard InChI is InChI=1S/C19H14N2O6S/c22-18(23)17-15(20-19(24)27-11-12-5-2-1-3-6-12)10-16(28-17)13-7-4-8-14(9-13)21(25)26/h1-10H,11H2,(H,20,24)(H,22,23). The average molecular weight is 398 g/mol. The predicted octanol–water partition coefficient (Wildman–Crippen LogP) is 4.77. The molecule has 0 radical (unpaired) electrons. The van der Waals surface area contributed by atoms with E-state index in [1.807, 2.05) is 18.2 Å². The van der Waals surface area contributed by atoms with Crippen molar-refractivity contribution in [3.63, 3.8) is 0 Å². The Morgan fingerprint density at radius 1 is 1.11 bits per heavy atom. The number of rotatable bonds is 6. The minimum atomic E-state index is -1.22. The van der Waals surface area contributed by atoms with E-state index in [2.05, 4.69) is 5.32 Å². The highest BCUT2D eigenvalue weighted by Gasteiger charge is 2.19. The van der Waals surface area contributed by atoms with Crippen LogP contribution < -0.4 is 5.32 Å². The Balaban J connectivity index is 1.79. The first-order chi connectivity index (χ1) is 13.4. The second-order valence-electron chi connectivity index (χ2n) is 5.65. The zero-order valence-corrected chi connectivity index (χ0v) is 15.1. The van der Waals surface area contributed by atoms with Gasteiger partial charge < -0.3 is 9.84 Å². The van der Waals surface area contributed by atoms with E-state index < -0.39 is 17.0 Å². The molecule has 28 heavy (non-hydrogen) atoms. The third-order valence-corrected chi connectivity index (χ3v) is 4.89. The number of anilines is 1. The lowest BCUT2D eigenvalue weighted by Gasteiger charge is -2.06. The van der Waals surface area contributed by atoms with Gasteiger partial charge in [-0.3, -0.25) is 15.4 Å². The number of hydrogen-bond donors (Lipinski definition) is 2. The number of amides is 1. The molecule has 142 valence electrons. The van der Waals surface area contributed by atoms with E-state index >= 15 is 0 Å². The molecule has 3 rings (SSSR count). The molecule has 0 bridgehead atoms. The molecule has 0 saturated carbocycles.